The van der Waals surface area contributed by atoms with Gasteiger partial charge in [0.1, 0.15) is 6.33 Å². The molecule has 1 N–H and O–H groups in total. The maximum Gasteiger partial charge on any atom is 0.230 e. The molecule has 1 aromatic heterocycles. The van der Waals surface area contributed by atoms with Gasteiger partial charge in [0.05, 0.1) is 11.4 Å². The third-order valence-corrected chi connectivity index (χ3v) is 5.82. The predicted molar refractivity (Wildman–Crippen MR) is 114 cm³/mol. The molecule has 0 unspecified atom stereocenters. The van der Waals surface area contributed by atoms with Crippen molar-refractivity contribution in [2.24, 2.45) is 0 Å². The molecular formula is C20H26ClN5OS. The topological polar surface area (TPSA) is 63.1 Å². The van der Waals surface area contributed by atoms with E-state index < -0.39 is 0 Å². The van der Waals surface area contributed by atoms with Crippen LogP contribution in [0.2, 0.25) is 5.02 Å². The van der Waals surface area contributed by atoms with Gasteiger partial charge in [-0.15, -0.1) is 10.2 Å². The molecule has 0 aliphatic carbocycles. The average Bonchev–Trinajstić information content (AvgIpc) is 3.14. The predicted octanol–water partition coefficient (Wildman–Crippen LogP) is 3.56. The van der Waals surface area contributed by atoms with Crippen LogP contribution < -0.4 is 5.32 Å². The molecule has 0 saturated carbocycles. The normalized spacial score (nSPS) is 15.4. The fourth-order valence-electron chi connectivity index (χ4n) is 3.10. The van der Waals surface area contributed by atoms with Gasteiger partial charge in [0.25, 0.3) is 0 Å². The molecule has 1 saturated heterocycles. The van der Waals surface area contributed by atoms with E-state index in [1.54, 1.807) is 6.33 Å². The molecule has 28 heavy (non-hydrogen) atoms. The van der Waals surface area contributed by atoms with E-state index in [4.69, 9.17) is 11.6 Å². The zero-order valence-corrected chi connectivity index (χ0v) is 17.8. The fourth-order valence-corrected chi connectivity index (χ4v) is 4.02. The van der Waals surface area contributed by atoms with Gasteiger partial charge in [-0.3, -0.25) is 14.3 Å². The monoisotopic (exact) mass is 419 g/mol. The summed E-state index contributed by atoms with van der Waals surface area (Å²) in [7, 11) is 0. The van der Waals surface area contributed by atoms with Crippen molar-refractivity contribution < 1.29 is 4.79 Å². The van der Waals surface area contributed by atoms with Gasteiger partial charge in [0.15, 0.2) is 5.16 Å². The van der Waals surface area contributed by atoms with Crippen LogP contribution in [-0.4, -0.2) is 57.0 Å². The number of carbonyl (C=O) groups excluding carboxylic acids is 1. The van der Waals surface area contributed by atoms with Crippen molar-refractivity contribution in [2.45, 2.75) is 37.9 Å². The standard InChI is InChI=1S/C20H26ClN5OS/c1-15(2)6-9-25-10-7-17(8-11-25)23-19(27)13-28-20-24-22-14-26(20)18-5-3-4-16(21)12-18/h3-6,12,14,17H,7-11,13H2,1-2H3,(H,23,27). The molecule has 150 valence electrons. The zero-order valence-electron chi connectivity index (χ0n) is 16.3. The van der Waals surface area contributed by atoms with Crippen molar-refractivity contribution in [1.29, 1.82) is 0 Å². The highest BCUT2D eigenvalue weighted by molar-refractivity contribution is 7.99. The van der Waals surface area contributed by atoms with Crippen LogP contribution >= 0.6 is 23.4 Å². The Hall–Kier alpha value is -1.83. The SMILES string of the molecule is CC(C)=CCN1CCC(NC(=O)CSc2nncn2-c2cccc(Cl)c2)CC1. The van der Waals surface area contributed by atoms with Gasteiger partial charge in [-0.2, -0.15) is 0 Å². The Kier molecular flexibility index (Phi) is 7.53. The number of hydrogen-bond acceptors (Lipinski definition) is 5. The van der Waals surface area contributed by atoms with Crippen molar-refractivity contribution in [1.82, 2.24) is 25.0 Å². The first kappa shape index (κ1) is 20.9. The van der Waals surface area contributed by atoms with E-state index in [1.807, 2.05) is 28.8 Å². The van der Waals surface area contributed by atoms with Crippen molar-refractivity contribution in [3.05, 3.63) is 47.3 Å². The molecule has 1 amide bonds. The van der Waals surface area contributed by atoms with Gasteiger partial charge >= 0.3 is 0 Å². The Morgan fingerprint density at radius 1 is 1.36 bits per heavy atom. The lowest BCUT2D eigenvalue weighted by Gasteiger charge is -2.31. The third-order valence-electron chi connectivity index (χ3n) is 4.65. The first-order valence-electron chi connectivity index (χ1n) is 9.45. The minimum absolute atomic E-state index is 0.0355. The van der Waals surface area contributed by atoms with E-state index >= 15 is 0 Å². The van der Waals surface area contributed by atoms with E-state index in [1.165, 1.54) is 17.3 Å². The molecular weight excluding hydrogens is 394 g/mol. The second-order valence-electron chi connectivity index (χ2n) is 7.18. The number of amides is 1. The minimum Gasteiger partial charge on any atom is -0.353 e. The van der Waals surface area contributed by atoms with Crippen LogP contribution in [0.15, 0.2) is 47.4 Å². The summed E-state index contributed by atoms with van der Waals surface area (Å²) in [6.07, 6.45) is 5.87. The molecule has 1 fully saturated rings. The molecule has 1 aliphatic heterocycles. The average molecular weight is 420 g/mol. The number of nitrogens with one attached hydrogen (secondary N) is 1. The summed E-state index contributed by atoms with van der Waals surface area (Å²) in [5, 5.41) is 12.6. The number of aromatic nitrogens is 3. The van der Waals surface area contributed by atoms with Crippen LogP contribution in [0.5, 0.6) is 0 Å². The number of carbonyl (C=O) groups is 1. The number of piperidine rings is 1. The first-order valence-corrected chi connectivity index (χ1v) is 10.8. The van der Waals surface area contributed by atoms with Crippen molar-refractivity contribution in [3.8, 4) is 5.69 Å². The van der Waals surface area contributed by atoms with Gasteiger partial charge in [-0.1, -0.05) is 41.1 Å². The van der Waals surface area contributed by atoms with Crippen LogP contribution in [0.25, 0.3) is 5.69 Å². The number of thioether (sulfide) groups is 1. The largest absolute Gasteiger partial charge is 0.353 e. The molecule has 2 heterocycles. The molecule has 0 atom stereocenters. The molecule has 0 radical (unpaired) electrons. The van der Waals surface area contributed by atoms with Crippen LogP contribution in [0.1, 0.15) is 26.7 Å². The summed E-state index contributed by atoms with van der Waals surface area (Å²) in [6.45, 7) is 7.28. The molecule has 0 bridgehead atoms. The summed E-state index contributed by atoms with van der Waals surface area (Å²) in [6, 6.07) is 7.73. The highest BCUT2D eigenvalue weighted by Crippen LogP contribution is 2.21. The van der Waals surface area contributed by atoms with Gasteiger partial charge in [0.2, 0.25) is 5.91 Å². The van der Waals surface area contributed by atoms with Gasteiger partial charge in [-0.25, -0.2) is 0 Å². The Bertz CT molecular complexity index is 826. The number of hydrogen-bond donors (Lipinski definition) is 1. The van der Waals surface area contributed by atoms with Crippen molar-refractivity contribution in [3.63, 3.8) is 0 Å². The molecule has 1 aromatic carbocycles. The van der Waals surface area contributed by atoms with E-state index in [-0.39, 0.29) is 11.9 Å². The summed E-state index contributed by atoms with van der Waals surface area (Å²) >= 11 is 7.44. The Morgan fingerprint density at radius 3 is 2.86 bits per heavy atom. The Labute approximate surface area is 175 Å². The molecule has 6 nitrogen and oxygen atoms in total. The maximum atomic E-state index is 12.4. The number of benzene rings is 1. The first-order chi connectivity index (χ1) is 13.5. The van der Waals surface area contributed by atoms with Gasteiger partial charge in [0, 0.05) is 30.7 Å². The maximum absolute atomic E-state index is 12.4. The minimum atomic E-state index is 0.0355. The van der Waals surface area contributed by atoms with E-state index in [0.29, 0.717) is 15.9 Å². The van der Waals surface area contributed by atoms with E-state index in [0.717, 1.165) is 38.2 Å². The van der Waals surface area contributed by atoms with Crippen molar-refractivity contribution in [2.75, 3.05) is 25.4 Å². The summed E-state index contributed by atoms with van der Waals surface area (Å²) in [5.41, 5.74) is 2.22. The van der Waals surface area contributed by atoms with Crippen LogP contribution in [0.4, 0.5) is 0 Å². The van der Waals surface area contributed by atoms with Gasteiger partial charge < -0.3 is 5.32 Å². The number of rotatable bonds is 7. The number of nitrogens with zero attached hydrogens (tertiary/aromatic N) is 4. The lowest BCUT2D eigenvalue weighted by molar-refractivity contribution is -0.119. The second kappa shape index (κ2) is 10.1. The molecule has 1 aliphatic rings. The second-order valence-corrected chi connectivity index (χ2v) is 8.55. The number of halogens is 1. The van der Waals surface area contributed by atoms with E-state index in [2.05, 4.69) is 40.3 Å². The lowest BCUT2D eigenvalue weighted by Crippen LogP contribution is -2.45. The molecule has 2 aromatic rings. The summed E-state index contributed by atoms with van der Waals surface area (Å²) in [4.78, 5) is 14.8. The molecule has 8 heteroatoms. The van der Waals surface area contributed by atoms with Crippen molar-refractivity contribution >= 4 is 29.3 Å². The summed E-state index contributed by atoms with van der Waals surface area (Å²) in [5.74, 6) is 0.352. The summed E-state index contributed by atoms with van der Waals surface area (Å²) < 4.78 is 1.84. The van der Waals surface area contributed by atoms with Crippen LogP contribution in [-0.2, 0) is 4.79 Å². The molecule has 3 rings (SSSR count). The van der Waals surface area contributed by atoms with Gasteiger partial charge in [-0.05, 0) is 44.9 Å². The lowest BCUT2D eigenvalue weighted by atomic mass is 10.0. The third kappa shape index (κ3) is 6.09. The highest BCUT2D eigenvalue weighted by Gasteiger charge is 2.20. The fraction of sp³-hybridized carbons (Fsp3) is 0.450. The van der Waals surface area contributed by atoms with Crippen LogP contribution in [0, 0.1) is 0 Å². The smallest absolute Gasteiger partial charge is 0.230 e. The quantitative estimate of drug-likeness (QED) is 0.549. The zero-order chi connectivity index (χ0) is 19.9. The van der Waals surface area contributed by atoms with Crippen LogP contribution in [0.3, 0.4) is 0 Å². The highest BCUT2D eigenvalue weighted by atomic mass is 35.5. The molecule has 0 spiro atoms. The number of likely N-dealkylation sites (tertiary alicyclic amines) is 1. The number of allylic oxidation sites excluding steroid dienone is 1. The Morgan fingerprint density at radius 2 is 2.14 bits per heavy atom. The van der Waals surface area contributed by atoms with E-state index in [9.17, 15) is 4.79 Å². The Balaban J connectivity index is 1.46.